The molecule has 32 heavy (non-hydrogen) atoms. The number of hydrogen-bond donors (Lipinski definition) is 3. The predicted octanol–water partition coefficient (Wildman–Crippen LogP) is 4.24. The number of alkyl halides is 3. The average Bonchev–Trinajstić information content (AvgIpc) is 3.53. The van der Waals surface area contributed by atoms with Crippen LogP contribution in [0, 0.1) is 5.82 Å². The normalized spacial score (nSPS) is 17.5. The standard InChI is InChI=1S/C23H23F4N3O2/c1-13(29-20(31)22(9-10-22)30-21(32)23(25,26)27)16-8-7-15(12-18(16)24)17-6-2-4-14-5-3-11-28-19(14)17/h2,4,6-8,12-13,28H,3,5,9-11H2,1H3,(H,29,31)(H,30,32)/t13-/m1/s1. The summed E-state index contributed by atoms with van der Waals surface area (Å²) in [7, 11) is 0. The van der Waals surface area contributed by atoms with Crippen LogP contribution in [0.4, 0.5) is 23.2 Å². The molecule has 0 bridgehead atoms. The molecule has 0 unspecified atom stereocenters. The number of hydrogen-bond acceptors (Lipinski definition) is 3. The number of halogens is 4. The first-order valence-corrected chi connectivity index (χ1v) is 10.5. The third-order valence-electron chi connectivity index (χ3n) is 6.00. The van der Waals surface area contributed by atoms with E-state index in [0.29, 0.717) is 5.56 Å². The van der Waals surface area contributed by atoms with Gasteiger partial charge in [-0.1, -0.05) is 30.3 Å². The van der Waals surface area contributed by atoms with Gasteiger partial charge in [-0.2, -0.15) is 13.2 Å². The van der Waals surface area contributed by atoms with Crippen molar-refractivity contribution >= 4 is 17.5 Å². The lowest BCUT2D eigenvalue weighted by Gasteiger charge is -2.23. The summed E-state index contributed by atoms with van der Waals surface area (Å²) in [5, 5.41) is 7.66. The Morgan fingerprint density at radius 3 is 2.56 bits per heavy atom. The lowest BCUT2D eigenvalue weighted by atomic mass is 9.94. The molecule has 0 saturated heterocycles. The lowest BCUT2D eigenvalue weighted by Crippen LogP contribution is -2.53. The highest BCUT2D eigenvalue weighted by Gasteiger charge is 2.55. The van der Waals surface area contributed by atoms with Gasteiger partial charge in [0.2, 0.25) is 5.91 Å². The highest BCUT2D eigenvalue weighted by molar-refractivity contribution is 5.95. The van der Waals surface area contributed by atoms with E-state index in [1.807, 2.05) is 18.2 Å². The molecule has 1 heterocycles. The minimum atomic E-state index is -5.07. The van der Waals surface area contributed by atoms with Crippen LogP contribution in [0.2, 0.25) is 0 Å². The fourth-order valence-electron chi connectivity index (χ4n) is 4.03. The summed E-state index contributed by atoms with van der Waals surface area (Å²) < 4.78 is 52.6. The van der Waals surface area contributed by atoms with Gasteiger partial charge in [-0.05, 0) is 49.8 Å². The maximum absolute atomic E-state index is 15.0. The molecule has 1 fully saturated rings. The van der Waals surface area contributed by atoms with Gasteiger partial charge in [0.1, 0.15) is 11.4 Å². The maximum atomic E-state index is 15.0. The third kappa shape index (κ3) is 4.28. The molecule has 2 aliphatic rings. The van der Waals surface area contributed by atoms with Crippen molar-refractivity contribution in [2.75, 3.05) is 11.9 Å². The van der Waals surface area contributed by atoms with Crippen LogP contribution in [-0.2, 0) is 16.0 Å². The molecule has 0 radical (unpaired) electrons. The monoisotopic (exact) mass is 449 g/mol. The highest BCUT2D eigenvalue weighted by atomic mass is 19.4. The zero-order valence-corrected chi connectivity index (χ0v) is 17.4. The van der Waals surface area contributed by atoms with Crippen LogP contribution in [-0.4, -0.2) is 30.1 Å². The van der Waals surface area contributed by atoms with Crippen molar-refractivity contribution in [3.8, 4) is 11.1 Å². The van der Waals surface area contributed by atoms with Crippen molar-refractivity contribution in [2.45, 2.75) is 50.4 Å². The molecule has 5 nitrogen and oxygen atoms in total. The quantitative estimate of drug-likeness (QED) is 0.598. The van der Waals surface area contributed by atoms with E-state index >= 15 is 0 Å². The van der Waals surface area contributed by atoms with Crippen LogP contribution in [0.25, 0.3) is 11.1 Å². The summed E-state index contributed by atoms with van der Waals surface area (Å²) in [5.41, 5.74) is 2.35. The molecule has 0 spiro atoms. The number of carbonyl (C=O) groups is 2. The van der Waals surface area contributed by atoms with E-state index in [-0.39, 0.29) is 18.4 Å². The number of aryl methyl sites for hydroxylation is 1. The van der Waals surface area contributed by atoms with Crippen LogP contribution >= 0.6 is 0 Å². The molecular formula is C23H23F4N3O2. The minimum absolute atomic E-state index is 0.0981. The Morgan fingerprint density at radius 1 is 1.16 bits per heavy atom. The van der Waals surface area contributed by atoms with E-state index in [4.69, 9.17) is 0 Å². The van der Waals surface area contributed by atoms with Crippen molar-refractivity contribution in [3.05, 3.63) is 53.3 Å². The van der Waals surface area contributed by atoms with Gasteiger partial charge >= 0.3 is 12.1 Å². The summed E-state index contributed by atoms with van der Waals surface area (Å²) in [6.07, 6.45) is -2.89. The van der Waals surface area contributed by atoms with Gasteiger partial charge < -0.3 is 16.0 Å². The molecule has 2 aromatic rings. The first-order chi connectivity index (χ1) is 15.1. The molecule has 9 heteroatoms. The summed E-state index contributed by atoms with van der Waals surface area (Å²) >= 11 is 0. The van der Waals surface area contributed by atoms with Gasteiger partial charge in [0.15, 0.2) is 0 Å². The van der Waals surface area contributed by atoms with Gasteiger partial charge in [-0.25, -0.2) is 4.39 Å². The summed E-state index contributed by atoms with van der Waals surface area (Å²) in [4.78, 5) is 23.7. The van der Waals surface area contributed by atoms with E-state index in [1.54, 1.807) is 24.4 Å². The Kier molecular flexibility index (Phi) is 5.60. The number of carbonyl (C=O) groups excluding carboxylic acids is 2. The molecule has 1 aliphatic carbocycles. The molecule has 1 saturated carbocycles. The van der Waals surface area contributed by atoms with Crippen LogP contribution in [0.1, 0.15) is 43.4 Å². The topological polar surface area (TPSA) is 70.2 Å². The molecule has 4 rings (SSSR count). The van der Waals surface area contributed by atoms with E-state index < -0.39 is 35.4 Å². The number of rotatable bonds is 5. The van der Waals surface area contributed by atoms with E-state index in [0.717, 1.165) is 30.6 Å². The Bertz CT molecular complexity index is 1060. The fourth-order valence-corrected chi connectivity index (χ4v) is 4.03. The highest BCUT2D eigenvalue weighted by Crippen LogP contribution is 2.38. The largest absolute Gasteiger partial charge is 0.471 e. The maximum Gasteiger partial charge on any atom is 0.471 e. The molecule has 2 aromatic carbocycles. The summed E-state index contributed by atoms with van der Waals surface area (Å²) in [6.45, 7) is 2.39. The second-order valence-electron chi connectivity index (χ2n) is 8.34. The Labute approximate surface area is 182 Å². The minimum Gasteiger partial charge on any atom is -0.384 e. The van der Waals surface area contributed by atoms with E-state index in [9.17, 15) is 27.2 Å². The van der Waals surface area contributed by atoms with Crippen molar-refractivity contribution in [3.63, 3.8) is 0 Å². The Hall–Kier alpha value is -3.10. The first-order valence-electron chi connectivity index (χ1n) is 10.5. The zero-order valence-electron chi connectivity index (χ0n) is 17.4. The van der Waals surface area contributed by atoms with Gasteiger partial charge in [-0.15, -0.1) is 0 Å². The number of nitrogens with one attached hydrogen (secondary N) is 3. The number of para-hydroxylation sites is 1. The molecular weight excluding hydrogens is 426 g/mol. The van der Waals surface area contributed by atoms with Crippen molar-refractivity contribution < 1.29 is 27.2 Å². The van der Waals surface area contributed by atoms with Crippen LogP contribution in [0.3, 0.4) is 0 Å². The Morgan fingerprint density at radius 2 is 1.91 bits per heavy atom. The van der Waals surface area contributed by atoms with Crippen molar-refractivity contribution in [1.82, 2.24) is 10.6 Å². The lowest BCUT2D eigenvalue weighted by molar-refractivity contribution is -0.175. The number of fused-ring (bicyclic) bond motifs is 1. The molecule has 2 amide bonds. The summed E-state index contributed by atoms with van der Waals surface area (Å²) in [5.74, 6) is -3.45. The Balaban J connectivity index is 1.49. The molecule has 1 aliphatic heterocycles. The molecule has 0 aromatic heterocycles. The van der Waals surface area contributed by atoms with Crippen molar-refractivity contribution in [1.29, 1.82) is 0 Å². The smallest absolute Gasteiger partial charge is 0.384 e. The summed E-state index contributed by atoms with van der Waals surface area (Å²) in [6, 6.07) is 9.80. The second kappa shape index (κ2) is 8.11. The number of anilines is 1. The number of benzene rings is 2. The zero-order chi connectivity index (χ0) is 23.1. The van der Waals surface area contributed by atoms with Gasteiger partial charge in [0.25, 0.3) is 0 Å². The predicted molar refractivity (Wildman–Crippen MR) is 111 cm³/mol. The van der Waals surface area contributed by atoms with Crippen LogP contribution in [0.5, 0.6) is 0 Å². The molecule has 3 N–H and O–H groups in total. The first kappa shape index (κ1) is 22.1. The average molecular weight is 449 g/mol. The molecule has 1 atom stereocenters. The number of amides is 2. The van der Waals surface area contributed by atoms with Crippen molar-refractivity contribution in [2.24, 2.45) is 0 Å². The second-order valence-corrected chi connectivity index (χ2v) is 8.34. The van der Waals surface area contributed by atoms with Crippen LogP contribution in [0.15, 0.2) is 36.4 Å². The van der Waals surface area contributed by atoms with Gasteiger partial charge in [0, 0.05) is 23.4 Å². The van der Waals surface area contributed by atoms with E-state index in [2.05, 4.69) is 10.6 Å². The van der Waals surface area contributed by atoms with Crippen LogP contribution < -0.4 is 16.0 Å². The molecule has 170 valence electrons. The third-order valence-corrected chi connectivity index (χ3v) is 6.00. The van der Waals surface area contributed by atoms with E-state index in [1.165, 1.54) is 11.6 Å². The SMILES string of the molecule is C[C@@H](NC(=O)C1(NC(=O)C(F)(F)F)CC1)c1ccc(-c2cccc3c2NCCC3)cc1F. The van der Waals surface area contributed by atoms with Gasteiger partial charge in [0.05, 0.1) is 6.04 Å². The fraction of sp³-hybridized carbons (Fsp3) is 0.391. The van der Waals surface area contributed by atoms with Gasteiger partial charge in [-0.3, -0.25) is 9.59 Å².